The fourth-order valence-electron chi connectivity index (χ4n) is 2.04. The third kappa shape index (κ3) is 2.83. The van der Waals surface area contributed by atoms with Crippen LogP contribution in [0.25, 0.3) is 0 Å². The highest BCUT2D eigenvalue weighted by molar-refractivity contribution is 4.51. The van der Waals surface area contributed by atoms with Gasteiger partial charge in [-0.2, -0.15) is 0 Å². The van der Waals surface area contributed by atoms with E-state index in [1.807, 2.05) is 0 Å². The molecule has 0 saturated carbocycles. The van der Waals surface area contributed by atoms with E-state index in [9.17, 15) is 0 Å². The van der Waals surface area contributed by atoms with Gasteiger partial charge in [0.25, 0.3) is 0 Å². The summed E-state index contributed by atoms with van der Waals surface area (Å²) in [5.74, 6) is 0. The highest BCUT2D eigenvalue weighted by Crippen LogP contribution is 2.17. The summed E-state index contributed by atoms with van der Waals surface area (Å²) in [6.07, 6.45) is 4.39. The van der Waals surface area contributed by atoms with Crippen molar-refractivity contribution in [1.29, 1.82) is 5.26 Å². The van der Waals surface area contributed by atoms with Gasteiger partial charge in [-0.25, -0.2) is 0 Å². The average Bonchev–Trinajstić information content (AvgIpc) is 2.22. The first-order valence-electron chi connectivity index (χ1n) is 4.90. The molecule has 70 valence electrons. The molecular weight excluding hydrogens is 148 g/mol. The Kier molecular flexibility index (Phi) is 5.74. The molecular formula is C10H20N2. The van der Waals surface area contributed by atoms with Crippen LogP contribution in [0.2, 0.25) is 0 Å². The van der Waals surface area contributed by atoms with E-state index in [0.29, 0.717) is 0 Å². The predicted octanol–water partition coefficient (Wildman–Crippen LogP) is 2.12. The quantitative estimate of drug-likeness (QED) is 0.457. The molecule has 0 radical (unpaired) electrons. The van der Waals surface area contributed by atoms with Crippen LogP contribution in [-0.4, -0.2) is 30.7 Å². The van der Waals surface area contributed by atoms with Crippen molar-refractivity contribution in [2.45, 2.75) is 33.1 Å². The lowest BCUT2D eigenvalue weighted by molar-refractivity contribution is -0.929. The van der Waals surface area contributed by atoms with Crippen LogP contribution in [0.5, 0.6) is 0 Å². The Morgan fingerprint density at radius 1 is 1.00 bits per heavy atom. The number of likely N-dealkylation sites (tertiary alicyclic amines) is 1. The molecule has 0 aromatic carbocycles. The normalized spacial score (nSPS) is 20.7. The molecule has 1 saturated heterocycles. The SMILES string of the molecule is CC[N+]1(CC)CCCCC1.[C-]#N. The van der Waals surface area contributed by atoms with Gasteiger partial charge in [0, 0.05) is 0 Å². The molecule has 1 rings (SSSR count). The Hall–Kier alpha value is -0.550. The topological polar surface area (TPSA) is 23.8 Å². The van der Waals surface area contributed by atoms with Crippen LogP contribution >= 0.6 is 0 Å². The third-order valence-electron chi connectivity index (χ3n) is 3.11. The van der Waals surface area contributed by atoms with E-state index in [1.54, 1.807) is 0 Å². The summed E-state index contributed by atoms with van der Waals surface area (Å²) in [6, 6.07) is 0. The first-order valence-corrected chi connectivity index (χ1v) is 4.90. The van der Waals surface area contributed by atoms with E-state index in [0.717, 1.165) is 0 Å². The van der Waals surface area contributed by atoms with Gasteiger partial charge in [0.1, 0.15) is 0 Å². The number of rotatable bonds is 2. The number of hydrogen-bond donors (Lipinski definition) is 0. The molecule has 0 amide bonds. The van der Waals surface area contributed by atoms with Crippen LogP contribution < -0.4 is 0 Å². The predicted molar refractivity (Wildman–Crippen MR) is 49.9 cm³/mol. The first-order chi connectivity index (χ1) is 5.83. The molecule has 1 aliphatic rings. The second kappa shape index (κ2) is 6.02. The number of hydrogen-bond acceptors (Lipinski definition) is 1. The van der Waals surface area contributed by atoms with Crippen molar-refractivity contribution in [3.8, 4) is 0 Å². The van der Waals surface area contributed by atoms with Crippen LogP contribution in [0.15, 0.2) is 0 Å². The van der Waals surface area contributed by atoms with E-state index >= 15 is 0 Å². The highest BCUT2D eigenvalue weighted by atomic mass is 15.3. The van der Waals surface area contributed by atoms with Crippen molar-refractivity contribution in [3.05, 3.63) is 6.57 Å². The second-order valence-corrected chi connectivity index (χ2v) is 3.48. The number of quaternary nitrogens is 1. The van der Waals surface area contributed by atoms with Gasteiger partial charge >= 0.3 is 0 Å². The van der Waals surface area contributed by atoms with E-state index in [4.69, 9.17) is 11.8 Å². The minimum absolute atomic E-state index is 1.34. The fraction of sp³-hybridized carbons (Fsp3) is 0.900. The van der Waals surface area contributed by atoms with Gasteiger partial charge in [0.05, 0.1) is 26.2 Å². The van der Waals surface area contributed by atoms with Crippen molar-refractivity contribution < 1.29 is 4.48 Å². The Morgan fingerprint density at radius 2 is 1.42 bits per heavy atom. The molecule has 0 aromatic rings. The molecule has 2 nitrogen and oxygen atoms in total. The van der Waals surface area contributed by atoms with E-state index in [-0.39, 0.29) is 0 Å². The Labute approximate surface area is 76.4 Å². The maximum absolute atomic E-state index is 6.25. The van der Waals surface area contributed by atoms with Crippen molar-refractivity contribution in [2.75, 3.05) is 26.2 Å². The lowest BCUT2D eigenvalue weighted by atomic mass is 10.1. The molecule has 0 N–H and O–H groups in total. The zero-order valence-electron chi connectivity index (χ0n) is 8.34. The van der Waals surface area contributed by atoms with Crippen molar-refractivity contribution in [3.63, 3.8) is 0 Å². The van der Waals surface area contributed by atoms with Gasteiger partial charge in [-0.15, -0.1) is 0 Å². The molecule has 1 fully saturated rings. The van der Waals surface area contributed by atoms with Gasteiger partial charge in [-0.3, -0.25) is 0 Å². The minimum atomic E-state index is 1.34. The van der Waals surface area contributed by atoms with Crippen LogP contribution in [0.1, 0.15) is 33.1 Å². The summed E-state index contributed by atoms with van der Waals surface area (Å²) < 4.78 is 1.39. The monoisotopic (exact) mass is 168 g/mol. The maximum atomic E-state index is 6.25. The van der Waals surface area contributed by atoms with Crippen molar-refractivity contribution in [1.82, 2.24) is 0 Å². The number of nitrogens with zero attached hydrogens (tertiary/aromatic N) is 2. The Balaban J connectivity index is 0.000000561. The van der Waals surface area contributed by atoms with Crippen LogP contribution in [0.4, 0.5) is 0 Å². The summed E-state index contributed by atoms with van der Waals surface area (Å²) in [6.45, 7) is 15.0. The summed E-state index contributed by atoms with van der Waals surface area (Å²) in [5, 5.41) is 6.25. The fourth-order valence-corrected chi connectivity index (χ4v) is 2.04. The zero-order chi connectivity index (χ0) is 9.45. The zero-order valence-corrected chi connectivity index (χ0v) is 8.34. The first kappa shape index (κ1) is 11.4. The molecule has 0 atom stereocenters. The summed E-state index contributed by atoms with van der Waals surface area (Å²) in [5.41, 5.74) is 0. The largest absolute Gasteiger partial charge is 0.512 e. The molecule has 2 heteroatoms. The van der Waals surface area contributed by atoms with Crippen molar-refractivity contribution >= 4 is 0 Å². The molecule has 0 spiro atoms. The minimum Gasteiger partial charge on any atom is -0.512 e. The smallest absolute Gasteiger partial charge is 0.0786 e. The maximum Gasteiger partial charge on any atom is 0.0786 e. The van der Waals surface area contributed by atoms with Crippen LogP contribution in [0.3, 0.4) is 0 Å². The van der Waals surface area contributed by atoms with Crippen molar-refractivity contribution in [2.24, 2.45) is 0 Å². The summed E-state index contributed by atoms with van der Waals surface area (Å²) >= 11 is 0. The molecule has 0 aromatic heterocycles. The summed E-state index contributed by atoms with van der Waals surface area (Å²) in [4.78, 5) is 0. The molecule has 1 heterocycles. The standard InChI is InChI=1S/C9H20N.CN/c1-3-10(4-2)8-6-5-7-9-10;1-2/h3-9H2,1-2H3;/q+1;-1. The van der Waals surface area contributed by atoms with Gasteiger partial charge in [-0.05, 0) is 33.1 Å². The Bertz CT molecular complexity index is 117. The lowest BCUT2D eigenvalue weighted by Crippen LogP contribution is -2.50. The van der Waals surface area contributed by atoms with Gasteiger partial charge in [0.2, 0.25) is 0 Å². The Morgan fingerprint density at radius 3 is 1.67 bits per heavy atom. The van der Waals surface area contributed by atoms with Crippen LogP contribution in [-0.2, 0) is 0 Å². The molecule has 0 bridgehead atoms. The highest BCUT2D eigenvalue weighted by Gasteiger charge is 2.24. The molecule has 1 aliphatic heterocycles. The van der Waals surface area contributed by atoms with E-state index < -0.39 is 0 Å². The van der Waals surface area contributed by atoms with E-state index in [1.165, 1.54) is 49.9 Å². The van der Waals surface area contributed by atoms with Gasteiger partial charge in [-0.1, -0.05) is 0 Å². The molecule has 0 unspecified atom stereocenters. The molecule has 12 heavy (non-hydrogen) atoms. The number of piperidine rings is 1. The van der Waals surface area contributed by atoms with Crippen LogP contribution in [0, 0.1) is 11.8 Å². The van der Waals surface area contributed by atoms with E-state index in [2.05, 4.69) is 13.8 Å². The average molecular weight is 168 g/mol. The van der Waals surface area contributed by atoms with Gasteiger partial charge < -0.3 is 16.3 Å². The molecule has 0 aliphatic carbocycles. The lowest BCUT2D eigenvalue weighted by Gasteiger charge is -2.39. The summed E-state index contributed by atoms with van der Waals surface area (Å²) in [7, 11) is 0. The van der Waals surface area contributed by atoms with Gasteiger partial charge in [0.15, 0.2) is 0 Å². The third-order valence-corrected chi connectivity index (χ3v) is 3.11. The second-order valence-electron chi connectivity index (χ2n) is 3.48.